The van der Waals surface area contributed by atoms with Gasteiger partial charge in [-0.1, -0.05) is 31.5 Å². The van der Waals surface area contributed by atoms with Crippen LogP contribution in [0.5, 0.6) is 0 Å². The molecular weight excluding hydrogens is 290 g/mol. The summed E-state index contributed by atoms with van der Waals surface area (Å²) in [5.74, 6) is 0.475. The zero-order valence-electron chi connectivity index (χ0n) is 11.9. The van der Waals surface area contributed by atoms with E-state index in [1.165, 1.54) is 26.1 Å². The van der Waals surface area contributed by atoms with Gasteiger partial charge in [-0.25, -0.2) is 0 Å². The number of hydrogen-bond acceptors (Lipinski definition) is 3. The molecule has 3 rings (SSSR count). The summed E-state index contributed by atoms with van der Waals surface area (Å²) >= 11 is 8.57. The predicted octanol–water partition coefficient (Wildman–Crippen LogP) is 4.64. The highest BCUT2D eigenvalue weighted by atomic mass is 35.5. The molecule has 0 saturated carbocycles. The van der Waals surface area contributed by atoms with Crippen LogP contribution in [0, 0.1) is 0 Å². The average molecular weight is 310 g/mol. The largest absolute Gasteiger partial charge is 0.372 e. The van der Waals surface area contributed by atoms with Crippen LogP contribution in [0.25, 0.3) is 10.1 Å². The number of nitrogens with two attached hydrogens (primary N) is 1. The molecule has 1 aromatic carbocycles. The fourth-order valence-corrected chi connectivity index (χ4v) is 4.68. The van der Waals surface area contributed by atoms with Crippen LogP contribution >= 0.6 is 22.9 Å². The Kier molecular flexibility index (Phi) is 4.04. The van der Waals surface area contributed by atoms with Gasteiger partial charge < -0.3 is 10.5 Å². The molecule has 2 heterocycles. The summed E-state index contributed by atoms with van der Waals surface area (Å²) in [5.41, 5.74) is 8.36. The van der Waals surface area contributed by atoms with Crippen LogP contribution in [0.3, 0.4) is 0 Å². The number of thiophene rings is 1. The fraction of sp³-hybridized carbons (Fsp3) is 0.500. The Bertz CT molecular complexity index is 637. The second-order valence-corrected chi connectivity index (χ2v) is 6.95. The van der Waals surface area contributed by atoms with Crippen LogP contribution in [-0.4, -0.2) is 13.2 Å². The van der Waals surface area contributed by atoms with Gasteiger partial charge in [0.15, 0.2) is 0 Å². The molecule has 0 bridgehead atoms. The molecule has 1 aromatic heterocycles. The highest BCUT2D eigenvalue weighted by molar-refractivity contribution is 7.19. The lowest BCUT2D eigenvalue weighted by molar-refractivity contribution is 0.0508. The van der Waals surface area contributed by atoms with Gasteiger partial charge >= 0.3 is 0 Å². The van der Waals surface area contributed by atoms with Gasteiger partial charge in [0.25, 0.3) is 0 Å². The van der Waals surface area contributed by atoms with Crippen LogP contribution in [-0.2, 0) is 11.2 Å². The number of halogens is 1. The van der Waals surface area contributed by atoms with Crippen LogP contribution in [0.15, 0.2) is 12.1 Å². The lowest BCUT2D eigenvalue weighted by atomic mass is 9.94. The Labute approximate surface area is 128 Å². The number of ether oxygens (including phenoxy) is 1. The zero-order chi connectivity index (χ0) is 14.3. The van der Waals surface area contributed by atoms with Crippen molar-refractivity contribution in [1.29, 1.82) is 0 Å². The van der Waals surface area contributed by atoms with Crippen LogP contribution in [0.1, 0.15) is 48.3 Å². The third-order valence-corrected chi connectivity index (χ3v) is 5.90. The highest BCUT2D eigenvalue weighted by Crippen LogP contribution is 2.45. The van der Waals surface area contributed by atoms with E-state index >= 15 is 0 Å². The minimum absolute atomic E-state index is 0.00261. The Morgan fingerprint density at radius 2 is 2.30 bits per heavy atom. The van der Waals surface area contributed by atoms with Gasteiger partial charge in [-0.15, -0.1) is 11.3 Å². The van der Waals surface area contributed by atoms with Crippen molar-refractivity contribution in [2.45, 2.75) is 38.7 Å². The minimum Gasteiger partial charge on any atom is -0.372 e. The van der Waals surface area contributed by atoms with Crippen molar-refractivity contribution < 1.29 is 4.74 Å². The van der Waals surface area contributed by atoms with E-state index < -0.39 is 0 Å². The highest BCUT2D eigenvalue weighted by Gasteiger charge is 2.27. The minimum atomic E-state index is -0.00261. The standard InChI is InChI=1S/C16H20ClNOS/c1-3-9(2)10-4-5-12-15(16(10)17)14-11(8-18)19-7-6-13(14)20-12/h4-5,9,11H,3,6-8,18H2,1-2H3. The Balaban J connectivity index is 2.25. The third kappa shape index (κ3) is 2.17. The summed E-state index contributed by atoms with van der Waals surface area (Å²) in [6, 6.07) is 4.39. The smallest absolute Gasteiger partial charge is 0.0964 e. The monoisotopic (exact) mass is 309 g/mol. The summed E-state index contributed by atoms with van der Waals surface area (Å²) in [4.78, 5) is 1.39. The number of fused-ring (bicyclic) bond motifs is 3. The van der Waals surface area contributed by atoms with Gasteiger partial charge in [0, 0.05) is 33.5 Å². The first-order valence-corrected chi connectivity index (χ1v) is 8.42. The van der Waals surface area contributed by atoms with Crippen molar-refractivity contribution in [2.75, 3.05) is 13.2 Å². The molecule has 1 aliphatic rings. The van der Waals surface area contributed by atoms with Crippen molar-refractivity contribution in [3.05, 3.63) is 33.2 Å². The van der Waals surface area contributed by atoms with Crippen molar-refractivity contribution >= 4 is 33.0 Å². The molecule has 2 nitrogen and oxygen atoms in total. The molecule has 0 radical (unpaired) electrons. The van der Waals surface area contributed by atoms with E-state index in [2.05, 4.69) is 26.0 Å². The third-order valence-electron chi connectivity index (χ3n) is 4.26. The summed E-state index contributed by atoms with van der Waals surface area (Å²) in [5, 5.41) is 2.08. The molecule has 4 heteroatoms. The van der Waals surface area contributed by atoms with E-state index in [0.717, 1.165) is 24.5 Å². The SMILES string of the molecule is CCC(C)c1ccc2sc3c(c2c1Cl)C(CN)OCC3. The van der Waals surface area contributed by atoms with Crippen molar-refractivity contribution in [2.24, 2.45) is 5.73 Å². The quantitative estimate of drug-likeness (QED) is 0.896. The summed E-state index contributed by atoms with van der Waals surface area (Å²) in [6.07, 6.45) is 2.06. The predicted molar refractivity (Wildman–Crippen MR) is 87.0 cm³/mol. The molecule has 2 aromatic rings. The van der Waals surface area contributed by atoms with Gasteiger partial charge in [0.2, 0.25) is 0 Å². The average Bonchev–Trinajstić information content (AvgIpc) is 2.86. The molecule has 0 saturated heterocycles. The second-order valence-electron chi connectivity index (χ2n) is 5.44. The van der Waals surface area contributed by atoms with E-state index in [1.54, 1.807) is 0 Å². The Morgan fingerprint density at radius 3 is 3.00 bits per heavy atom. The van der Waals surface area contributed by atoms with Crippen molar-refractivity contribution in [3.8, 4) is 0 Å². The van der Waals surface area contributed by atoms with Gasteiger partial charge in [0.1, 0.15) is 0 Å². The molecule has 2 N–H and O–H groups in total. The van der Waals surface area contributed by atoms with Crippen molar-refractivity contribution in [1.82, 2.24) is 0 Å². The molecule has 0 fully saturated rings. The molecular formula is C16H20ClNOS. The number of rotatable bonds is 3. The summed E-state index contributed by atoms with van der Waals surface area (Å²) < 4.78 is 7.08. The molecule has 108 valence electrons. The maximum atomic E-state index is 6.73. The molecule has 0 amide bonds. The number of benzene rings is 1. The maximum absolute atomic E-state index is 6.73. The van der Waals surface area contributed by atoms with Crippen LogP contribution in [0.2, 0.25) is 5.02 Å². The number of hydrogen-bond donors (Lipinski definition) is 1. The first-order chi connectivity index (χ1) is 9.67. The van der Waals surface area contributed by atoms with Gasteiger partial charge in [0.05, 0.1) is 17.7 Å². The normalized spacial score (nSPS) is 20.1. The molecule has 1 aliphatic heterocycles. The van der Waals surface area contributed by atoms with E-state index in [9.17, 15) is 0 Å². The first kappa shape index (κ1) is 14.3. The Hall–Kier alpha value is -0.610. The molecule has 2 unspecified atom stereocenters. The van der Waals surface area contributed by atoms with Gasteiger partial charge in [-0.05, 0) is 24.0 Å². The Morgan fingerprint density at radius 1 is 1.50 bits per heavy atom. The summed E-state index contributed by atoms with van der Waals surface area (Å²) in [7, 11) is 0. The van der Waals surface area contributed by atoms with E-state index in [0.29, 0.717) is 12.5 Å². The van der Waals surface area contributed by atoms with E-state index in [-0.39, 0.29) is 6.10 Å². The van der Waals surface area contributed by atoms with Gasteiger partial charge in [-0.2, -0.15) is 0 Å². The van der Waals surface area contributed by atoms with Crippen LogP contribution < -0.4 is 5.73 Å². The summed E-state index contributed by atoms with van der Waals surface area (Å²) in [6.45, 7) is 5.70. The topological polar surface area (TPSA) is 35.2 Å². The van der Waals surface area contributed by atoms with Crippen LogP contribution in [0.4, 0.5) is 0 Å². The van der Waals surface area contributed by atoms with Gasteiger partial charge in [-0.3, -0.25) is 0 Å². The molecule has 0 aliphatic carbocycles. The zero-order valence-corrected chi connectivity index (χ0v) is 13.5. The lowest BCUT2D eigenvalue weighted by Gasteiger charge is -2.23. The molecule has 0 spiro atoms. The lowest BCUT2D eigenvalue weighted by Crippen LogP contribution is -2.21. The second kappa shape index (κ2) is 5.64. The van der Waals surface area contributed by atoms with E-state index in [1.807, 2.05) is 11.3 Å². The first-order valence-electron chi connectivity index (χ1n) is 7.22. The van der Waals surface area contributed by atoms with E-state index in [4.69, 9.17) is 22.1 Å². The maximum Gasteiger partial charge on any atom is 0.0964 e. The van der Waals surface area contributed by atoms with Crippen molar-refractivity contribution in [3.63, 3.8) is 0 Å². The fourth-order valence-electron chi connectivity index (χ4n) is 2.93. The molecule has 2 atom stereocenters. The molecule has 20 heavy (non-hydrogen) atoms.